The Morgan fingerprint density at radius 3 is 1.32 bits per heavy atom. The van der Waals surface area contributed by atoms with E-state index in [2.05, 4.69) is 41.9 Å². The maximum Gasteiger partial charge on any atom is 0.410 e. The Morgan fingerprint density at radius 2 is 0.964 bits per heavy atom. The highest BCUT2D eigenvalue weighted by molar-refractivity contribution is 9.09. The van der Waals surface area contributed by atoms with E-state index < -0.39 is 23.6 Å². The molecule has 3 amide bonds. The van der Waals surface area contributed by atoms with Crippen LogP contribution in [0.15, 0.2) is 170 Å². The van der Waals surface area contributed by atoms with Gasteiger partial charge in [0, 0.05) is 64.1 Å². The summed E-state index contributed by atoms with van der Waals surface area (Å²) in [7, 11) is 6.76. The maximum absolute atomic E-state index is 14.1. The van der Waals surface area contributed by atoms with Gasteiger partial charge in [-0.3, -0.25) is 20.4 Å². The molecule has 444 valence electrons. The fourth-order valence-corrected chi connectivity index (χ4v) is 8.54. The standard InChI is InChI=1S/C36H43FN4O4.C25H26FN3O.C6H10BrNO/c1-7-29(25-12-9-8-10-13-25)33(27-17-20-31(38)30(24-27)34(37)39)26-15-18-28(19-16-26)44-23-22-41(35(43)45-36(2,3)4)21-11-14-32(42)40(5)6;1-2-21(17-6-4-3-5-7-17)24(18-8-11-20(12-9-18)30-15-14-27)19-10-13-23(28)22(16-19)25(26)29;1-8(2)6(9)4-3-5-7/h8-20,24,39H,7,21-23,38H2,1-6H3;3-13,16,29H,2,14-15,27-28H2,1H3;3-4H,5H2,1-2H3/b14-11+,33-29+,39-34?;24-21+,29-25?;4-3+. The summed E-state index contributed by atoms with van der Waals surface area (Å²) in [5.74, 6) is -0.950. The summed E-state index contributed by atoms with van der Waals surface area (Å²) in [5.41, 5.74) is 26.8. The molecule has 0 aliphatic heterocycles. The number of halogens is 3. The molecule has 6 aromatic carbocycles. The summed E-state index contributed by atoms with van der Waals surface area (Å²) in [6, 6.07) is 45.6. The van der Waals surface area contributed by atoms with Gasteiger partial charge in [-0.25, -0.2) is 4.79 Å². The molecule has 0 saturated carbocycles. The number of nitrogens with one attached hydrogen (secondary N) is 2. The first-order valence-corrected chi connectivity index (χ1v) is 28.5. The average Bonchev–Trinajstić information content (AvgIpc) is 2.43. The van der Waals surface area contributed by atoms with Crippen LogP contribution in [-0.2, 0) is 14.3 Å². The number of rotatable bonds is 22. The Morgan fingerprint density at radius 1 is 0.571 bits per heavy atom. The van der Waals surface area contributed by atoms with Crippen molar-refractivity contribution in [3.05, 3.63) is 214 Å². The summed E-state index contributed by atoms with van der Waals surface area (Å²) in [6.07, 6.45) is 7.33. The van der Waals surface area contributed by atoms with Crippen LogP contribution >= 0.6 is 15.9 Å². The molecule has 0 aliphatic rings. The molecule has 17 heteroatoms. The van der Waals surface area contributed by atoms with Crippen LogP contribution in [0.25, 0.3) is 22.3 Å². The molecule has 0 unspecified atom stereocenters. The molecule has 0 atom stereocenters. The number of ether oxygens (including phenoxy) is 3. The van der Waals surface area contributed by atoms with Gasteiger partial charge in [0.2, 0.25) is 23.7 Å². The van der Waals surface area contributed by atoms with Gasteiger partial charge in [0.15, 0.2) is 0 Å². The fourth-order valence-electron chi connectivity index (χ4n) is 8.36. The van der Waals surface area contributed by atoms with Crippen molar-refractivity contribution < 1.29 is 37.4 Å². The molecular formula is C67H79BrF2N8O6. The van der Waals surface area contributed by atoms with Crippen molar-refractivity contribution >= 4 is 79.4 Å². The van der Waals surface area contributed by atoms with Gasteiger partial charge in [0.1, 0.15) is 30.3 Å². The number of nitrogens with two attached hydrogens (primary N) is 3. The highest BCUT2D eigenvalue weighted by atomic mass is 79.9. The summed E-state index contributed by atoms with van der Waals surface area (Å²) in [5, 5.41) is 15.7. The maximum atomic E-state index is 14.1. The predicted molar refractivity (Wildman–Crippen MR) is 343 cm³/mol. The number of hydrogen-bond acceptors (Lipinski definition) is 11. The molecule has 8 N–H and O–H groups in total. The lowest BCUT2D eigenvalue weighted by Crippen LogP contribution is -2.39. The first-order chi connectivity index (χ1) is 40.0. The zero-order valence-corrected chi connectivity index (χ0v) is 51.1. The van der Waals surface area contributed by atoms with E-state index in [9.17, 15) is 23.2 Å². The van der Waals surface area contributed by atoms with E-state index in [-0.39, 0.29) is 54.0 Å². The lowest BCUT2D eigenvalue weighted by atomic mass is 9.87. The second-order valence-corrected chi connectivity index (χ2v) is 20.9. The van der Waals surface area contributed by atoms with Gasteiger partial charge in [-0.1, -0.05) is 139 Å². The SMILES string of the molecule is CC/C(=C(/c1ccc(OCCN(C/C=C/C(=O)N(C)C)C(=O)OC(C)(C)C)cc1)c1ccc(N)c(C(=N)F)c1)c1ccccc1.CC/C(=C(/c1ccc(OCCN)cc1)c1ccc(N)c(C(=N)F)c1)c1ccccc1.CN(C)C(=O)/C=C/CBr. The molecule has 0 aliphatic carbocycles. The molecule has 6 rings (SSSR count). The molecule has 0 radical (unpaired) electrons. The Bertz CT molecular complexity index is 3270. The largest absolute Gasteiger partial charge is 0.492 e. The van der Waals surface area contributed by atoms with Crippen LogP contribution in [0.3, 0.4) is 0 Å². The second-order valence-electron chi connectivity index (χ2n) is 20.3. The minimum Gasteiger partial charge on any atom is -0.492 e. The van der Waals surface area contributed by atoms with Crippen LogP contribution in [0.4, 0.5) is 25.0 Å². The number of alkyl halides is 1. The Hall–Kier alpha value is -8.67. The Kier molecular flexibility index (Phi) is 27.5. The van der Waals surface area contributed by atoms with Gasteiger partial charge < -0.3 is 46.1 Å². The molecule has 0 spiro atoms. The van der Waals surface area contributed by atoms with Gasteiger partial charge in [-0.15, -0.1) is 0 Å². The number of likely N-dealkylation sites (N-methyl/N-ethyl adjacent to an activating group) is 2. The molecule has 0 fully saturated rings. The van der Waals surface area contributed by atoms with Crippen LogP contribution in [-0.4, -0.2) is 117 Å². The van der Waals surface area contributed by atoms with Crippen LogP contribution in [0, 0.1) is 10.8 Å². The van der Waals surface area contributed by atoms with E-state index in [4.69, 9.17) is 42.2 Å². The molecular weight excluding hydrogens is 1130 g/mol. The predicted octanol–water partition coefficient (Wildman–Crippen LogP) is 13.5. The number of benzene rings is 6. The summed E-state index contributed by atoms with van der Waals surface area (Å²) in [4.78, 5) is 39.9. The van der Waals surface area contributed by atoms with Gasteiger partial charge in [0.05, 0.1) is 17.7 Å². The molecule has 0 bridgehead atoms. The number of anilines is 2. The highest BCUT2D eigenvalue weighted by Gasteiger charge is 2.23. The van der Waals surface area contributed by atoms with Crippen molar-refractivity contribution in [1.82, 2.24) is 14.7 Å². The van der Waals surface area contributed by atoms with Crippen LogP contribution in [0.1, 0.15) is 92.0 Å². The van der Waals surface area contributed by atoms with E-state index in [1.807, 2.05) is 109 Å². The van der Waals surface area contributed by atoms with Crippen molar-refractivity contribution in [2.75, 3.05) is 77.8 Å². The first kappa shape index (κ1) is 67.8. The van der Waals surface area contributed by atoms with E-state index in [1.54, 1.807) is 85.4 Å². The molecule has 0 aromatic heterocycles. The van der Waals surface area contributed by atoms with Crippen molar-refractivity contribution in [3.8, 4) is 11.5 Å². The molecule has 6 aromatic rings. The van der Waals surface area contributed by atoms with E-state index in [0.29, 0.717) is 25.3 Å². The van der Waals surface area contributed by atoms with Crippen molar-refractivity contribution in [2.45, 2.75) is 53.1 Å². The van der Waals surface area contributed by atoms with Crippen molar-refractivity contribution in [2.24, 2.45) is 5.73 Å². The van der Waals surface area contributed by atoms with Gasteiger partial charge in [-0.05, 0) is 144 Å². The number of allylic oxidation sites excluding steroid dienone is 3. The van der Waals surface area contributed by atoms with Crippen LogP contribution < -0.4 is 26.7 Å². The van der Waals surface area contributed by atoms with E-state index >= 15 is 0 Å². The highest BCUT2D eigenvalue weighted by Crippen LogP contribution is 2.38. The van der Waals surface area contributed by atoms with Gasteiger partial charge >= 0.3 is 6.09 Å². The monoisotopic (exact) mass is 1210 g/mol. The zero-order valence-electron chi connectivity index (χ0n) is 49.5. The minimum absolute atomic E-state index is 0.0226. The first-order valence-electron chi connectivity index (χ1n) is 27.4. The zero-order chi connectivity index (χ0) is 61.9. The summed E-state index contributed by atoms with van der Waals surface area (Å²) < 4.78 is 45.0. The number of carbonyl (C=O) groups is 3. The van der Waals surface area contributed by atoms with Crippen molar-refractivity contribution in [1.29, 1.82) is 10.8 Å². The smallest absolute Gasteiger partial charge is 0.410 e. The second kappa shape index (κ2) is 34.1. The third kappa shape index (κ3) is 21.3. The van der Waals surface area contributed by atoms with Gasteiger partial charge in [-0.2, -0.15) is 8.78 Å². The summed E-state index contributed by atoms with van der Waals surface area (Å²) >= 11 is 3.17. The number of carbonyl (C=O) groups excluding carboxylic acids is 3. The Balaban J connectivity index is 0.000000331. The Labute approximate surface area is 502 Å². The number of amides is 3. The number of nitrogen functional groups attached to an aromatic ring is 2. The third-order valence-electron chi connectivity index (χ3n) is 12.5. The van der Waals surface area contributed by atoms with Gasteiger partial charge in [0.25, 0.3) is 0 Å². The molecule has 84 heavy (non-hydrogen) atoms. The summed E-state index contributed by atoms with van der Waals surface area (Å²) in [6.45, 7) is 11.1. The quantitative estimate of drug-likeness (QED) is 0.0144. The van der Waals surface area contributed by atoms with Crippen LogP contribution in [0.2, 0.25) is 0 Å². The fraction of sp³-hybridized carbons (Fsp3) is 0.269. The molecule has 0 heterocycles. The average molecular weight is 1210 g/mol. The molecule has 0 saturated heterocycles. The lowest BCUT2D eigenvalue weighted by molar-refractivity contribution is -0.124. The lowest BCUT2D eigenvalue weighted by Gasteiger charge is -2.26. The molecule has 14 nitrogen and oxygen atoms in total. The number of hydrogen-bond donors (Lipinski definition) is 5. The topological polar surface area (TPSA) is 214 Å². The van der Waals surface area contributed by atoms with E-state index in [0.717, 1.165) is 73.2 Å². The van der Waals surface area contributed by atoms with E-state index in [1.165, 1.54) is 26.9 Å². The van der Waals surface area contributed by atoms with Crippen LogP contribution in [0.5, 0.6) is 11.5 Å². The third-order valence-corrected chi connectivity index (χ3v) is 12.9. The van der Waals surface area contributed by atoms with Crippen molar-refractivity contribution in [3.63, 3.8) is 0 Å². The minimum atomic E-state index is -1.09. The number of nitrogens with zero attached hydrogens (tertiary/aromatic N) is 3. The normalized spacial score (nSPS) is 11.7.